The van der Waals surface area contributed by atoms with Gasteiger partial charge in [0.25, 0.3) is 0 Å². The van der Waals surface area contributed by atoms with Crippen molar-refractivity contribution in [3.63, 3.8) is 0 Å². The lowest BCUT2D eigenvalue weighted by Gasteiger charge is -2.18. The molecule has 0 aliphatic carbocycles. The highest BCUT2D eigenvalue weighted by Crippen LogP contribution is 2.42. The van der Waals surface area contributed by atoms with E-state index in [-0.39, 0.29) is 4.90 Å². The number of rotatable bonds is 6. The molecule has 160 valence electrons. The van der Waals surface area contributed by atoms with Crippen LogP contribution in [0, 0.1) is 5.92 Å². The summed E-state index contributed by atoms with van der Waals surface area (Å²) in [5.74, 6) is -1.67. The van der Waals surface area contributed by atoms with Crippen LogP contribution >= 0.6 is 22.9 Å². The second-order valence-corrected chi connectivity index (χ2v) is 10.0. The summed E-state index contributed by atoms with van der Waals surface area (Å²) in [4.78, 5) is 22.8. The Labute approximate surface area is 181 Å². The number of carbonyl (C=O) groups is 2. The van der Waals surface area contributed by atoms with E-state index in [9.17, 15) is 23.1 Å². The van der Waals surface area contributed by atoms with Gasteiger partial charge in [-0.25, -0.2) is 13.2 Å². The van der Waals surface area contributed by atoms with Crippen molar-refractivity contribution in [1.29, 1.82) is 0 Å². The van der Waals surface area contributed by atoms with Gasteiger partial charge in [0.05, 0.1) is 27.4 Å². The lowest BCUT2D eigenvalue weighted by Crippen LogP contribution is -2.44. The number of thiophene rings is 1. The number of hydrogen-bond donors (Lipinski definition) is 3. The summed E-state index contributed by atoms with van der Waals surface area (Å²) in [5.41, 5.74) is 0.373. The van der Waals surface area contributed by atoms with Gasteiger partial charge in [-0.1, -0.05) is 37.6 Å². The average Bonchev–Trinajstić information content (AvgIpc) is 3.06. The molecule has 0 aliphatic heterocycles. The maximum absolute atomic E-state index is 12.7. The third-order valence-electron chi connectivity index (χ3n) is 4.50. The number of halogens is 1. The number of sulfonamides is 1. The standard InChI is InChI=1S/C19H19ClN2O6S2/c1-9(2)16(18(23)24)22-30(26,27)10-4-5-11-12-6-7-13(21-19(25)28-3)15(20)17(12)29-14(11)8-10/h4-9,16,22H,1-3H3,(H,21,25)(H,23,24)/t16-/m0/s1. The first-order chi connectivity index (χ1) is 14.0. The molecule has 1 atom stereocenters. The molecule has 11 heteroatoms. The molecule has 0 spiro atoms. The molecule has 0 fully saturated rings. The largest absolute Gasteiger partial charge is 0.480 e. The van der Waals surface area contributed by atoms with E-state index in [1.807, 2.05) is 0 Å². The van der Waals surface area contributed by atoms with Crippen LogP contribution in [-0.4, -0.2) is 38.7 Å². The molecule has 0 saturated heterocycles. The van der Waals surface area contributed by atoms with Gasteiger partial charge in [-0.2, -0.15) is 4.72 Å². The Hall–Kier alpha value is -2.40. The highest BCUT2D eigenvalue weighted by molar-refractivity contribution is 7.89. The zero-order valence-electron chi connectivity index (χ0n) is 16.2. The second-order valence-electron chi connectivity index (χ2n) is 6.86. The lowest BCUT2D eigenvalue weighted by molar-refractivity contribution is -0.140. The van der Waals surface area contributed by atoms with Crippen molar-refractivity contribution < 1.29 is 27.9 Å². The molecule has 30 heavy (non-hydrogen) atoms. The van der Waals surface area contributed by atoms with Crippen molar-refractivity contribution in [3.05, 3.63) is 35.4 Å². The molecule has 0 radical (unpaired) electrons. The fourth-order valence-corrected chi connectivity index (χ4v) is 5.87. The Bertz CT molecular complexity index is 1250. The van der Waals surface area contributed by atoms with Crippen molar-refractivity contribution in [2.75, 3.05) is 12.4 Å². The van der Waals surface area contributed by atoms with Gasteiger partial charge in [0.1, 0.15) is 6.04 Å². The number of amides is 1. The summed E-state index contributed by atoms with van der Waals surface area (Å²) >= 11 is 7.69. The Balaban J connectivity index is 2.05. The summed E-state index contributed by atoms with van der Waals surface area (Å²) in [5, 5.41) is 13.7. The van der Waals surface area contributed by atoms with Gasteiger partial charge < -0.3 is 9.84 Å². The molecule has 1 aromatic heterocycles. The zero-order chi connectivity index (χ0) is 22.2. The van der Waals surface area contributed by atoms with Crippen molar-refractivity contribution in [3.8, 4) is 0 Å². The highest BCUT2D eigenvalue weighted by atomic mass is 35.5. The highest BCUT2D eigenvalue weighted by Gasteiger charge is 2.28. The first kappa shape index (κ1) is 22.3. The van der Waals surface area contributed by atoms with E-state index in [2.05, 4.69) is 14.8 Å². The molecule has 3 N–H and O–H groups in total. The first-order valence-corrected chi connectivity index (χ1v) is 11.5. The molecule has 1 heterocycles. The van der Waals surface area contributed by atoms with E-state index in [1.165, 1.54) is 30.6 Å². The SMILES string of the molecule is COC(=O)Nc1ccc2c(sc3cc(S(=O)(=O)N[C@H](C(=O)O)C(C)C)ccc32)c1Cl. The summed E-state index contributed by atoms with van der Waals surface area (Å²) in [6.45, 7) is 3.25. The van der Waals surface area contributed by atoms with Gasteiger partial charge in [0.15, 0.2) is 0 Å². The number of carboxylic acids is 1. The quantitative estimate of drug-likeness (QED) is 0.494. The van der Waals surface area contributed by atoms with Crippen LogP contribution in [0.15, 0.2) is 35.2 Å². The number of aliphatic carboxylic acids is 1. The van der Waals surface area contributed by atoms with Crippen molar-refractivity contribution in [2.45, 2.75) is 24.8 Å². The van der Waals surface area contributed by atoms with Crippen LogP contribution in [-0.2, 0) is 19.6 Å². The molecule has 8 nitrogen and oxygen atoms in total. The topological polar surface area (TPSA) is 122 Å². The molecule has 0 saturated carbocycles. The van der Waals surface area contributed by atoms with E-state index in [0.717, 1.165) is 10.8 Å². The molecular weight excluding hydrogens is 452 g/mol. The number of fused-ring (bicyclic) bond motifs is 3. The van der Waals surface area contributed by atoms with E-state index in [0.29, 0.717) is 20.1 Å². The minimum atomic E-state index is -4.05. The predicted molar refractivity (Wildman–Crippen MR) is 117 cm³/mol. The Morgan fingerprint density at radius 3 is 2.43 bits per heavy atom. The first-order valence-electron chi connectivity index (χ1n) is 8.80. The minimum Gasteiger partial charge on any atom is -0.480 e. The number of methoxy groups -OCH3 is 1. The van der Waals surface area contributed by atoms with Crippen LogP contribution in [0.3, 0.4) is 0 Å². The smallest absolute Gasteiger partial charge is 0.411 e. The molecule has 3 aromatic rings. The number of nitrogens with one attached hydrogen (secondary N) is 2. The third-order valence-corrected chi connectivity index (χ3v) is 7.63. The van der Waals surface area contributed by atoms with E-state index in [4.69, 9.17) is 11.6 Å². The number of benzene rings is 2. The Morgan fingerprint density at radius 1 is 1.17 bits per heavy atom. The Kier molecular flexibility index (Phi) is 6.23. The number of ether oxygens (including phenoxy) is 1. The van der Waals surface area contributed by atoms with Crippen LogP contribution in [0.5, 0.6) is 0 Å². The molecule has 0 unspecified atom stereocenters. The van der Waals surface area contributed by atoms with E-state index in [1.54, 1.807) is 32.0 Å². The molecule has 2 aromatic carbocycles. The zero-order valence-corrected chi connectivity index (χ0v) is 18.6. The fourth-order valence-electron chi connectivity index (χ4n) is 2.92. The predicted octanol–water partition coefficient (Wildman–Crippen LogP) is 4.27. The van der Waals surface area contributed by atoms with Crippen molar-refractivity contribution >= 4 is 70.9 Å². The molecule has 0 bridgehead atoms. The van der Waals surface area contributed by atoms with Crippen molar-refractivity contribution in [1.82, 2.24) is 4.72 Å². The van der Waals surface area contributed by atoms with Crippen LogP contribution in [0.25, 0.3) is 20.2 Å². The van der Waals surface area contributed by atoms with Gasteiger partial charge in [-0.3, -0.25) is 10.1 Å². The average molecular weight is 471 g/mol. The number of carboxylic acid groups (broad SMARTS) is 1. The number of carbonyl (C=O) groups excluding carboxylic acids is 1. The molecule has 0 aliphatic rings. The maximum atomic E-state index is 12.7. The van der Waals surface area contributed by atoms with Gasteiger partial charge >= 0.3 is 12.1 Å². The van der Waals surface area contributed by atoms with Gasteiger partial charge in [0, 0.05) is 15.5 Å². The molecular formula is C19H19ClN2O6S2. The van der Waals surface area contributed by atoms with Crippen LogP contribution in [0.1, 0.15) is 13.8 Å². The van der Waals surface area contributed by atoms with Crippen LogP contribution in [0.2, 0.25) is 5.02 Å². The number of anilines is 1. The summed E-state index contributed by atoms with van der Waals surface area (Å²) in [6.07, 6.45) is -0.657. The minimum absolute atomic E-state index is 0.0440. The number of hydrogen-bond acceptors (Lipinski definition) is 6. The monoisotopic (exact) mass is 470 g/mol. The van der Waals surface area contributed by atoms with Crippen LogP contribution in [0.4, 0.5) is 10.5 Å². The van der Waals surface area contributed by atoms with Crippen LogP contribution < -0.4 is 10.0 Å². The normalized spacial score (nSPS) is 13.0. The third kappa shape index (κ3) is 4.22. The van der Waals surface area contributed by atoms with E-state index < -0.39 is 34.0 Å². The lowest BCUT2D eigenvalue weighted by atomic mass is 10.1. The molecule has 1 amide bonds. The fraction of sp³-hybridized carbons (Fsp3) is 0.263. The summed E-state index contributed by atoms with van der Waals surface area (Å²) in [7, 11) is -2.81. The van der Waals surface area contributed by atoms with Gasteiger partial charge in [-0.15, -0.1) is 11.3 Å². The van der Waals surface area contributed by atoms with E-state index >= 15 is 0 Å². The summed E-state index contributed by atoms with van der Waals surface area (Å²) in [6, 6.07) is 6.72. The summed E-state index contributed by atoms with van der Waals surface area (Å²) < 4.78 is 33.6. The molecule has 3 rings (SSSR count). The Morgan fingerprint density at radius 2 is 1.83 bits per heavy atom. The maximum Gasteiger partial charge on any atom is 0.411 e. The van der Waals surface area contributed by atoms with Gasteiger partial charge in [0.2, 0.25) is 10.0 Å². The van der Waals surface area contributed by atoms with Gasteiger partial charge in [-0.05, 0) is 24.1 Å². The second kappa shape index (κ2) is 8.38. The van der Waals surface area contributed by atoms with Crippen molar-refractivity contribution in [2.24, 2.45) is 5.92 Å².